The minimum absolute atomic E-state index is 0.198. The zero-order valence-corrected chi connectivity index (χ0v) is 11.5. The van der Waals surface area contributed by atoms with Crippen LogP contribution < -0.4 is 5.32 Å². The van der Waals surface area contributed by atoms with Crippen molar-refractivity contribution in [1.82, 2.24) is 20.0 Å². The number of nitrogens with one attached hydrogen (secondary N) is 1. The van der Waals surface area contributed by atoms with E-state index in [4.69, 9.17) is 11.6 Å². The van der Waals surface area contributed by atoms with E-state index in [0.717, 1.165) is 5.69 Å². The van der Waals surface area contributed by atoms with E-state index >= 15 is 0 Å². The smallest absolute Gasteiger partial charge is 0.276 e. The van der Waals surface area contributed by atoms with Crippen molar-refractivity contribution in [2.24, 2.45) is 0 Å². The summed E-state index contributed by atoms with van der Waals surface area (Å²) in [6.45, 7) is 0. The second kappa shape index (κ2) is 5.72. The lowest BCUT2D eigenvalue weighted by molar-refractivity contribution is 0.102. The summed E-state index contributed by atoms with van der Waals surface area (Å²) >= 11 is 5.64. The van der Waals surface area contributed by atoms with Gasteiger partial charge in [0.25, 0.3) is 5.91 Å². The average Bonchev–Trinajstić information content (AvgIpc) is 3.02. The predicted molar refractivity (Wildman–Crippen MR) is 78.6 cm³/mol. The van der Waals surface area contributed by atoms with E-state index in [1.54, 1.807) is 16.9 Å². The predicted octanol–water partition coefficient (Wildman–Crippen LogP) is 2.57. The summed E-state index contributed by atoms with van der Waals surface area (Å²) < 4.78 is 1.71. The fourth-order valence-corrected chi connectivity index (χ4v) is 1.88. The van der Waals surface area contributed by atoms with Crippen LogP contribution >= 0.6 is 11.6 Å². The Balaban J connectivity index is 1.80. The third-order valence-corrected chi connectivity index (χ3v) is 2.94. The first kappa shape index (κ1) is 13.3. The molecule has 0 saturated heterocycles. The highest BCUT2D eigenvalue weighted by atomic mass is 35.5. The van der Waals surface area contributed by atoms with Crippen molar-refractivity contribution >= 4 is 23.2 Å². The Morgan fingerprint density at radius 1 is 1.14 bits per heavy atom. The highest BCUT2D eigenvalue weighted by Crippen LogP contribution is 2.14. The van der Waals surface area contributed by atoms with E-state index in [2.05, 4.69) is 20.6 Å². The number of hydrogen-bond donors (Lipinski definition) is 1. The van der Waals surface area contributed by atoms with Gasteiger partial charge in [-0.3, -0.25) is 4.79 Å². The minimum atomic E-state index is -0.350. The Bertz CT molecular complexity index is 755. The Hall–Kier alpha value is -2.73. The first-order chi connectivity index (χ1) is 10.2. The molecule has 0 radical (unpaired) electrons. The summed E-state index contributed by atoms with van der Waals surface area (Å²) in [5.74, 6) is -0.350. The maximum atomic E-state index is 12.0. The number of carbonyl (C=O) groups excluding carboxylic acids is 1. The minimum Gasteiger partial charge on any atom is -0.321 e. The summed E-state index contributed by atoms with van der Waals surface area (Å²) in [5.41, 5.74) is 1.69. The van der Waals surface area contributed by atoms with Crippen LogP contribution in [0.4, 0.5) is 5.69 Å². The molecule has 0 saturated carbocycles. The van der Waals surface area contributed by atoms with E-state index < -0.39 is 0 Å². The third-order valence-electron chi connectivity index (χ3n) is 2.74. The summed E-state index contributed by atoms with van der Waals surface area (Å²) in [6.07, 6.45) is 3.51. The van der Waals surface area contributed by atoms with Crippen molar-refractivity contribution in [3.63, 3.8) is 0 Å². The van der Waals surface area contributed by atoms with Crippen molar-refractivity contribution in [2.45, 2.75) is 0 Å². The first-order valence-corrected chi connectivity index (χ1v) is 6.51. The molecule has 21 heavy (non-hydrogen) atoms. The molecule has 1 N–H and O–H groups in total. The highest BCUT2D eigenvalue weighted by Gasteiger charge is 2.09. The zero-order valence-electron chi connectivity index (χ0n) is 10.8. The molecule has 1 aromatic carbocycles. The quantitative estimate of drug-likeness (QED) is 0.806. The van der Waals surface area contributed by atoms with Gasteiger partial charge in [0.2, 0.25) is 0 Å². The molecular formula is C14H10ClN5O. The monoisotopic (exact) mass is 299 g/mol. The average molecular weight is 300 g/mol. The largest absolute Gasteiger partial charge is 0.321 e. The second-order valence-electron chi connectivity index (χ2n) is 4.20. The molecule has 1 amide bonds. The van der Waals surface area contributed by atoms with Gasteiger partial charge in [-0.05, 0) is 36.4 Å². The molecule has 3 rings (SSSR count). The number of halogens is 1. The van der Waals surface area contributed by atoms with Crippen LogP contribution in [0.5, 0.6) is 0 Å². The van der Waals surface area contributed by atoms with Crippen LogP contribution in [0.2, 0.25) is 5.15 Å². The number of anilines is 1. The van der Waals surface area contributed by atoms with E-state index in [1.165, 1.54) is 12.1 Å². The van der Waals surface area contributed by atoms with Gasteiger partial charge in [0.05, 0.1) is 5.69 Å². The Kier molecular flexibility index (Phi) is 3.61. The number of benzene rings is 1. The van der Waals surface area contributed by atoms with E-state index in [9.17, 15) is 4.79 Å². The number of nitrogens with zero attached hydrogens (tertiary/aromatic N) is 4. The maximum Gasteiger partial charge on any atom is 0.276 e. The van der Waals surface area contributed by atoms with Crippen molar-refractivity contribution in [1.29, 1.82) is 0 Å². The number of amides is 1. The molecule has 7 heteroatoms. The first-order valence-electron chi connectivity index (χ1n) is 6.13. The molecule has 6 nitrogen and oxygen atoms in total. The van der Waals surface area contributed by atoms with Crippen molar-refractivity contribution < 1.29 is 4.79 Å². The zero-order chi connectivity index (χ0) is 14.7. The van der Waals surface area contributed by atoms with E-state index in [1.807, 2.05) is 30.5 Å². The number of hydrogen-bond acceptors (Lipinski definition) is 4. The number of rotatable bonds is 3. The van der Waals surface area contributed by atoms with Crippen LogP contribution in [0.15, 0.2) is 54.9 Å². The van der Waals surface area contributed by atoms with Gasteiger partial charge in [0, 0.05) is 18.1 Å². The highest BCUT2D eigenvalue weighted by molar-refractivity contribution is 6.29. The molecule has 0 unspecified atom stereocenters. The van der Waals surface area contributed by atoms with Crippen molar-refractivity contribution in [3.05, 3.63) is 65.7 Å². The summed E-state index contributed by atoms with van der Waals surface area (Å²) in [4.78, 5) is 12.0. The van der Waals surface area contributed by atoms with Crippen LogP contribution in [-0.4, -0.2) is 25.9 Å². The van der Waals surface area contributed by atoms with Gasteiger partial charge < -0.3 is 5.32 Å². The van der Waals surface area contributed by atoms with Crippen molar-refractivity contribution in [3.8, 4) is 5.69 Å². The normalized spacial score (nSPS) is 10.3. The number of carbonyl (C=O) groups is 1. The molecule has 0 aliphatic rings. The lowest BCUT2D eigenvalue weighted by atomic mass is 10.2. The van der Waals surface area contributed by atoms with Gasteiger partial charge in [-0.15, -0.1) is 10.2 Å². The fraction of sp³-hybridized carbons (Fsp3) is 0. The second-order valence-corrected chi connectivity index (χ2v) is 4.58. The van der Waals surface area contributed by atoms with Gasteiger partial charge in [-0.25, -0.2) is 4.68 Å². The topological polar surface area (TPSA) is 72.7 Å². The van der Waals surface area contributed by atoms with Crippen LogP contribution in [0.1, 0.15) is 10.5 Å². The SMILES string of the molecule is O=C(Nc1cccc(-n2cccn2)c1)c1ccc(Cl)nn1. The fourth-order valence-electron chi connectivity index (χ4n) is 1.78. The molecular weight excluding hydrogens is 290 g/mol. The number of aromatic nitrogens is 4. The standard InChI is InChI=1S/C14H10ClN5O/c15-13-6-5-12(18-19-13)14(21)17-10-3-1-4-11(9-10)20-8-2-7-16-20/h1-9H,(H,17,21). The van der Waals surface area contributed by atoms with Crippen LogP contribution in [-0.2, 0) is 0 Å². The molecule has 0 aliphatic carbocycles. The van der Waals surface area contributed by atoms with E-state index in [-0.39, 0.29) is 16.8 Å². The molecule has 0 spiro atoms. The van der Waals surface area contributed by atoms with Gasteiger partial charge in [-0.1, -0.05) is 17.7 Å². The molecule has 2 aromatic heterocycles. The van der Waals surface area contributed by atoms with Gasteiger partial charge in [-0.2, -0.15) is 5.10 Å². The summed E-state index contributed by atoms with van der Waals surface area (Å²) in [7, 11) is 0. The molecule has 3 aromatic rings. The lowest BCUT2D eigenvalue weighted by Gasteiger charge is -2.07. The van der Waals surface area contributed by atoms with Crippen molar-refractivity contribution in [2.75, 3.05) is 5.32 Å². The molecule has 0 atom stereocenters. The van der Waals surface area contributed by atoms with E-state index in [0.29, 0.717) is 5.69 Å². The Morgan fingerprint density at radius 3 is 2.76 bits per heavy atom. The van der Waals surface area contributed by atoms with Crippen LogP contribution in [0, 0.1) is 0 Å². The molecule has 0 fully saturated rings. The molecule has 2 heterocycles. The summed E-state index contributed by atoms with van der Waals surface area (Å²) in [5, 5.41) is 14.5. The lowest BCUT2D eigenvalue weighted by Crippen LogP contribution is -2.14. The summed E-state index contributed by atoms with van der Waals surface area (Å²) in [6, 6.07) is 12.2. The van der Waals surface area contributed by atoms with Crippen LogP contribution in [0.25, 0.3) is 5.69 Å². The third kappa shape index (κ3) is 3.06. The van der Waals surface area contributed by atoms with Crippen LogP contribution in [0.3, 0.4) is 0 Å². The molecule has 104 valence electrons. The van der Waals surface area contributed by atoms with Gasteiger partial charge >= 0.3 is 0 Å². The van der Waals surface area contributed by atoms with Gasteiger partial charge in [0.15, 0.2) is 10.8 Å². The molecule has 0 bridgehead atoms. The molecule has 0 aliphatic heterocycles. The van der Waals surface area contributed by atoms with Gasteiger partial charge in [0.1, 0.15) is 0 Å². The maximum absolute atomic E-state index is 12.0. The Labute approximate surface area is 125 Å². The Morgan fingerprint density at radius 2 is 2.05 bits per heavy atom.